The number of hydrogen-bond acceptors (Lipinski definition) is 5. The van der Waals surface area contributed by atoms with E-state index in [0.717, 1.165) is 68.6 Å². The maximum Gasteiger partial charge on any atom is 0.193 e. The molecule has 1 aliphatic rings. The Balaban J connectivity index is 0.00000392. The van der Waals surface area contributed by atoms with Gasteiger partial charge in [-0.25, -0.2) is 0 Å². The Morgan fingerprint density at radius 2 is 1.89 bits per heavy atom. The highest BCUT2D eigenvalue weighted by Gasteiger charge is 2.22. The van der Waals surface area contributed by atoms with Gasteiger partial charge >= 0.3 is 0 Å². The van der Waals surface area contributed by atoms with E-state index in [4.69, 9.17) is 18.9 Å². The van der Waals surface area contributed by atoms with Gasteiger partial charge in [0.05, 0.1) is 20.3 Å². The number of piperidine rings is 1. The molecule has 1 fully saturated rings. The quantitative estimate of drug-likeness (QED) is 0.240. The maximum absolute atomic E-state index is 5.93. The normalized spacial score (nSPS) is 15.1. The molecule has 0 radical (unpaired) electrons. The van der Waals surface area contributed by atoms with Gasteiger partial charge in [-0.3, -0.25) is 4.99 Å². The van der Waals surface area contributed by atoms with Crippen molar-refractivity contribution in [2.24, 2.45) is 4.99 Å². The van der Waals surface area contributed by atoms with Crippen molar-refractivity contribution in [3.05, 3.63) is 23.8 Å². The molecular formula is C20H34IN3O4. The lowest BCUT2D eigenvalue weighted by atomic mass is 10.1. The van der Waals surface area contributed by atoms with Crippen LogP contribution < -0.4 is 14.8 Å². The molecule has 1 saturated heterocycles. The van der Waals surface area contributed by atoms with Crippen molar-refractivity contribution in [1.29, 1.82) is 0 Å². The van der Waals surface area contributed by atoms with Gasteiger partial charge in [0, 0.05) is 52.6 Å². The molecule has 8 heteroatoms. The van der Waals surface area contributed by atoms with E-state index in [0.29, 0.717) is 12.6 Å². The molecule has 160 valence electrons. The van der Waals surface area contributed by atoms with Gasteiger partial charge in [0.15, 0.2) is 17.5 Å². The van der Waals surface area contributed by atoms with Crippen LogP contribution in [0.25, 0.3) is 0 Å². The Bertz CT molecular complexity index is 593. The first-order chi connectivity index (χ1) is 13.2. The zero-order valence-corrected chi connectivity index (χ0v) is 19.7. The minimum Gasteiger partial charge on any atom is -0.493 e. The summed E-state index contributed by atoms with van der Waals surface area (Å²) < 4.78 is 21.9. The predicted octanol–water partition coefficient (Wildman–Crippen LogP) is 2.91. The fraction of sp³-hybridized carbons (Fsp3) is 0.650. The Morgan fingerprint density at radius 3 is 2.50 bits per heavy atom. The first-order valence-electron chi connectivity index (χ1n) is 9.49. The van der Waals surface area contributed by atoms with Crippen LogP contribution in [0.2, 0.25) is 0 Å². The second-order valence-electron chi connectivity index (χ2n) is 6.46. The molecule has 0 amide bonds. The van der Waals surface area contributed by atoms with Gasteiger partial charge in [0.1, 0.15) is 0 Å². The van der Waals surface area contributed by atoms with Crippen LogP contribution in [-0.2, 0) is 16.0 Å². The van der Waals surface area contributed by atoms with Crippen LogP contribution in [0, 0.1) is 0 Å². The zero-order chi connectivity index (χ0) is 19.5. The summed E-state index contributed by atoms with van der Waals surface area (Å²) in [6.45, 7) is 4.01. The average molecular weight is 507 g/mol. The minimum absolute atomic E-state index is 0. The Hall–Kier alpha value is -1.26. The van der Waals surface area contributed by atoms with Gasteiger partial charge < -0.3 is 29.2 Å². The fourth-order valence-electron chi connectivity index (χ4n) is 3.29. The number of aliphatic imine (C=N–C) groups is 1. The fourth-order valence-corrected chi connectivity index (χ4v) is 3.29. The molecule has 1 heterocycles. The summed E-state index contributed by atoms with van der Waals surface area (Å²) in [7, 11) is 6.85. The molecule has 28 heavy (non-hydrogen) atoms. The highest BCUT2D eigenvalue weighted by atomic mass is 127. The number of nitrogens with one attached hydrogen (secondary N) is 1. The van der Waals surface area contributed by atoms with Gasteiger partial charge in [-0.15, -0.1) is 24.0 Å². The maximum atomic E-state index is 5.93. The van der Waals surface area contributed by atoms with Gasteiger partial charge in [-0.05, 0) is 25.3 Å². The zero-order valence-electron chi connectivity index (χ0n) is 17.4. The summed E-state index contributed by atoms with van der Waals surface area (Å²) in [5.74, 6) is 2.39. The molecule has 0 spiro atoms. The van der Waals surface area contributed by atoms with Gasteiger partial charge in [0.25, 0.3) is 0 Å². The second-order valence-corrected chi connectivity index (χ2v) is 6.46. The number of hydrogen-bond donors (Lipinski definition) is 1. The van der Waals surface area contributed by atoms with Gasteiger partial charge in [-0.1, -0.05) is 12.1 Å². The third-order valence-corrected chi connectivity index (χ3v) is 4.72. The molecule has 0 saturated carbocycles. The molecule has 2 rings (SSSR count). The molecule has 0 atom stereocenters. The van der Waals surface area contributed by atoms with E-state index in [1.165, 1.54) is 0 Å². The molecule has 0 aliphatic carbocycles. The summed E-state index contributed by atoms with van der Waals surface area (Å²) in [5.41, 5.74) is 1.04. The molecule has 0 unspecified atom stereocenters. The number of likely N-dealkylation sites (tertiary alicyclic amines) is 1. The van der Waals surface area contributed by atoms with Crippen molar-refractivity contribution < 1.29 is 18.9 Å². The van der Waals surface area contributed by atoms with E-state index >= 15 is 0 Å². The van der Waals surface area contributed by atoms with Crippen molar-refractivity contribution in [1.82, 2.24) is 10.2 Å². The topological polar surface area (TPSA) is 64.6 Å². The van der Waals surface area contributed by atoms with Crippen LogP contribution in [0.1, 0.15) is 24.8 Å². The number of methoxy groups -OCH3 is 3. The van der Waals surface area contributed by atoms with E-state index in [-0.39, 0.29) is 24.0 Å². The number of ether oxygens (including phenoxy) is 4. The second kappa shape index (κ2) is 13.8. The molecule has 1 aliphatic heterocycles. The lowest BCUT2D eigenvalue weighted by Gasteiger charge is -2.34. The number of rotatable bonds is 9. The third-order valence-electron chi connectivity index (χ3n) is 4.72. The lowest BCUT2D eigenvalue weighted by Crippen LogP contribution is -2.46. The summed E-state index contributed by atoms with van der Waals surface area (Å²) in [6.07, 6.45) is 3.30. The van der Waals surface area contributed by atoms with Crippen molar-refractivity contribution >= 4 is 29.9 Å². The van der Waals surface area contributed by atoms with Crippen molar-refractivity contribution in [2.45, 2.75) is 31.9 Å². The van der Waals surface area contributed by atoms with Crippen LogP contribution in [0.5, 0.6) is 11.5 Å². The number of guanidine groups is 1. The molecule has 0 bridgehead atoms. The minimum atomic E-state index is 0. The first-order valence-corrected chi connectivity index (χ1v) is 9.49. The van der Waals surface area contributed by atoms with E-state index < -0.39 is 0 Å². The highest BCUT2D eigenvalue weighted by molar-refractivity contribution is 14.0. The summed E-state index contributed by atoms with van der Waals surface area (Å²) >= 11 is 0. The van der Waals surface area contributed by atoms with E-state index in [1.807, 2.05) is 25.2 Å². The van der Waals surface area contributed by atoms with Gasteiger partial charge in [0.2, 0.25) is 0 Å². The Kier molecular flexibility index (Phi) is 12.2. The summed E-state index contributed by atoms with van der Waals surface area (Å²) in [4.78, 5) is 6.72. The Morgan fingerprint density at radius 1 is 1.14 bits per heavy atom. The monoisotopic (exact) mass is 507 g/mol. The summed E-state index contributed by atoms with van der Waals surface area (Å²) in [5, 5.41) is 3.44. The van der Waals surface area contributed by atoms with E-state index in [2.05, 4.69) is 15.2 Å². The van der Waals surface area contributed by atoms with Crippen LogP contribution in [0.3, 0.4) is 0 Å². The molecule has 1 aromatic rings. The first kappa shape index (κ1) is 24.8. The number of halogens is 1. The van der Waals surface area contributed by atoms with E-state index in [9.17, 15) is 0 Å². The molecule has 0 aromatic heterocycles. The number of benzene rings is 1. The molecule has 1 N–H and O–H groups in total. The van der Waals surface area contributed by atoms with Crippen LogP contribution >= 0.6 is 24.0 Å². The van der Waals surface area contributed by atoms with Crippen molar-refractivity contribution in [3.63, 3.8) is 0 Å². The lowest BCUT2D eigenvalue weighted by molar-refractivity contribution is 0.00989. The Labute approximate surface area is 185 Å². The summed E-state index contributed by atoms with van der Waals surface area (Å²) in [6, 6.07) is 5.89. The van der Waals surface area contributed by atoms with Crippen LogP contribution in [0.4, 0.5) is 0 Å². The van der Waals surface area contributed by atoms with Crippen LogP contribution in [-0.4, -0.2) is 71.6 Å². The molecule has 7 nitrogen and oxygen atoms in total. The van der Waals surface area contributed by atoms with E-state index in [1.54, 1.807) is 21.3 Å². The van der Waals surface area contributed by atoms with Crippen LogP contribution in [0.15, 0.2) is 23.2 Å². The van der Waals surface area contributed by atoms with Gasteiger partial charge in [-0.2, -0.15) is 0 Å². The third kappa shape index (κ3) is 7.29. The predicted molar refractivity (Wildman–Crippen MR) is 122 cm³/mol. The number of nitrogens with zero attached hydrogens (tertiary/aromatic N) is 2. The average Bonchev–Trinajstić information content (AvgIpc) is 2.72. The molecular weight excluding hydrogens is 473 g/mol. The smallest absolute Gasteiger partial charge is 0.193 e. The highest BCUT2D eigenvalue weighted by Crippen LogP contribution is 2.30. The van der Waals surface area contributed by atoms with Crippen molar-refractivity contribution in [2.75, 3.05) is 54.7 Å². The largest absolute Gasteiger partial charge is 0.493 e. The van der Waals surface area contributed by atoms with Crippen molar-refractivity contribution in [3.8, 4) is 11.5 Å². The number of para-hydroxylation sites is 1. The standard InChI is InChI=1S/C20H33N3O4.HI/c1-21-20(22-15-16-7-5-8-18(25-3)19(16)26-4)23-11-9-17(10-12-23)27-14-6-13-24-2;/h5,7-8,17H,6,9-15H2,1-4H3,(H,21,22);1H. The molecule has 1 aromatic carbocycles. The SMILES string of the molecule is CN=C(NCc1cccc(OC)c1OC)N1CCC(OCCCOC)CC1.I.